The first-order valence-electron chi connectivity index (χ1n) is 7.35. The lowest BCUT2D eigenvalue weighted by Crippen LogP contribution is -2.36. The molecular formula is C16H26N2O2. The number of benzene rings is 1. The monoisotopic (exact) mass is 278 g/mol. The second-order valence-corrected chi connectivity index (χ2v) is 5.21. The molecular weight excluding hydrogens is 252 g/mol. The Hall–Kier alpha value is -1.55. The van der Waals surface area contributed by atoms with Crippen molar-refractivity contribution in [1.29, 1.82) is 0 Å². The molecule has 2 N–H and O–H groups in total. The van der Waals surface area contributed by atoms with Crippen molar-refractivity contribution in [3.8, 4) is 5.75 Å². The summed E-state index contributed by atoms with van der Waals surface area (Å²) in [6, 6.07) is 7.08. The van der Waals surface area contributed by atoms with Gasteiger partial charge in [0, 0.05) is 6.54 Å². The van der Waals surface area contributed by atoms with Gasteiger partial charge in [0.1, 0.15) is 5.75 Å². The Morgan fingerprint density at radius 3 is 2.60 bits per heavy atom. The van der Waals surface area contributed by atoms with Crippen molar-refractivity contribution in [1.82, 2.24) is 10.2 Å². The number of likely N-dealkylation sites (N-methyl/N-ethyl adjacent to an activating group) is 1. The molecule has 1 aromatic rings. The Morgan fingerprint density at radius 2 is 1.95 bits per heavy atom. The minimum Gasteiger partial charge on any atom is -0.508 e. The Bertz CT molecular complexity index is 390. The number of carbonyl (C=O) groups excluding carboxylic acids is 1. The first-order chi connectivity index (χ1) is 9.61. The van der Waals surface area contributed by atoms with Crippen LogP contribution >= 0.6 is 0 Å². The molecule has 0 fully saturated rings. The highest BCUT2D eigenvalue weighted by Crippen LogP contribution is 2.09. The maximum atomic E-state index is 11.7. The van der Waals surface area contributed by atoms with Gasteiger partial charge < -0.3 is 10.4 Å². The topological polar surface area (TPSA) is 52.6 Å². The third-order valence-electron chi connectivity index (χ3n) is 3.23. The van der Waals surface area contributed by atoms with Crippen molar-refractivity contribution in [2.75, 3.05) is 26.7 Å². The molecule has 0 unspecified atom stereocenters. The molecule has 0 aromatic heterocycles. The van der Waals surface area contributed by atoms with Gasteiger partial charge in [-0.2, -0.15) is 0 Å². The maximum Gasteiger partial charge on any atom is 0.234 e. The van der Waals surface area contributed by atoms with E-state index in [1.54, 1.807) is 12.1 Å². The predicted octanol–water partition coefficient (Wildman–Crippen LogP) is 2.17. The zero-order valence-electron chi connectivity index (χ0n) is 12.6. The van der Waals surface area contributed by atoms with Crippen LogP contribution in [0.15, 0.2) is 24.3 Å². The average molecular weight is 278 g/mol. The standard InChI is InChI=1S/C16H26N2O2/c1-3-4-5-12-18(2)13-16(20)17-11-10-14-6-8-15(19)9-7-14/h6-9,19H,3-5,10-13H2,1-2H3,(H,17,20). The number of hydrogen-bond acceptors (Lipinski definition) is 3. The SMILES string of the molecule is CCCCCN(C)CC(=O)NCCc1ccc(O)cc1. The average Bonchev–Trinajstić information content (AvgIpc) is 2.41. The van der Waals surface area contributed by atoms with Crippen molar-refractivity contribution < 1.29 is 9.90 Å². The van der Waals surface area contributed by atoms with Gasteiger partial charge in [-0.15, -0.1) is 0 Å². The van der Waals surface area contributed by atoms with E-state index < -0.39 is 0 Å². The van der Waals surface area contributed by atoms with E-state index in [0.29, 0.717) is 13.1 Å². The number of nitrogens with one attached hydrogen (secondary N) is 1. The quantitative estimate of drug-likeness (QED) is 0.681. The largest absolute Gasteiger partial charge is 0.508 e. The van der Waals surface area contributed by atoms with Crippen LogP contribution in [0.1, 0.15) is 31.7 Å². The lowest BCUT2D eigenvalue weighted by molar-refractivity contribution is -0.121. The Balaban J connectivity index is 2.14. The molecule has 1 amide bonds. The van der Waals surface area contributed by atoms with Crippen LogP contribution in [0.5, 0.6) is 5.75 Å². The maximum absolute atomic E-state index is 11.7. The molecule has 1 aromatic carbocycles. The third kappa shape index (κ3) is 7.14. The number of rotatable bonds is 9. The van der Waals surface area contributed by atoms with E-state index in [0.717, 1.165) is 24.9 Å². The van der Waals surface area contributed by atoms with Crippen molar-refractivity contribution in [3.63, 3.8) is 0 Å². The molecule has 0 saturated carbocycles. The summed E-state index contributed by atoms with van der Waals surface area (Å²) < 4.78 is 0. The number of aromatic hydroxyl groups is 1. The Labute approximate surface area is 121 Å². The summed E-state index contributed by atoms with van der Waals surface area (Å²) in [6.07, 6.45) is 4.35. The second-order valence-electron chi connectivity index (χ2n) is 5.21. The van der Waals surface area contributed by atoms with Gasteiger partial charge in [-0.3, -0.25) is 9.69 Å². The van der Waals surface area contributed by atoms with E-state index in [1.807, 2.05) is 19.2 Å². The molecule has 0 radical (unpaired) electrons. The van der Waals surface area contributed by atoms with Gasteiger partial charge in [-0.05, 0) is 44.1 Å². The summed E-state index contributed by atoms with van der Waals surface area (Å²) in [7, 11) is 1.98. The molecule has 0 bridgehead atoms. The highest BCUT2D eigenvalue weighted by molar-refractivity contribution is 5.77. The predicted molar refractivity (Wildman–Crippen MR) is 81.8 cm³/mol. The minimum atomic E-state index is 0.0720. The van der Waals surface area contributed by atoms with Gasteiger partial charge in [-0.1, -0.05) is 31.9 Å². The summed E-state index contributed by atoms with van der Waals surface area (Å²) in [5.41, 5.74) is 1.11. The van der Waals surface area contributed by atoms with E-state index in [9.17, 15) is 9.90 Å². The fourth-order valence-corrected chi connectivity index (χ4v) is 2.02. The van der Waals surface area contributed by atoms with Crippen LogP contribution in [0.25, 0.3) is 0 Å². The number of hydrogen-bond donors (Lipinski definition) is 2. The van der Waals surface area contributed by atoms with Crippen molar-refractivity contribution in [2.45, 2.75) is 32.6 Å². The molecule has 1 rings (SSSR count). The Kier molecular flexibility index (Phi) is 7.73. The summed E-state index contributed by atoms with van der Waals surface area (Å²) in [5.74, 6) is 0.342. The van der Waals surface area contributed by atoms with Crippen LogP contribution in [-0.4, -0.2) is 42.6 Å². The van der Waals surface area contributed by atoms with Crippen LogP contribution in [0.4, 0.5) is 0 Å². The van der Waals surface area contributed by atoms with E-state index in [2.05, 4.69) is 17.1 Å². The van der Waals surface area contributed by atoms with E-state index in [4.69, 9.17) is 0 Å². The number of carbonyl (C=O) groups is 1. The number of nitrogens with zero attached hydrogens (tertiary/aromatic N) is 1. The number of phenols is 1. The number of amides is 1. The van der Waals surface area contributed by atoms with Gasteiger partial charge in [-0.25, -0.2) is 0 Å². The van der Waals surface area contributed by atoms with Gasteiger partial charge in [0.25, 0.3) is 0 Å². The molecule has 0 saturated heterocycles. The first-order valence-corrected chi connectivity index (χ1v) is 7.35. The first kappa shape index (κ1) is 16.5. The molecule has 0 aliphatic carbocycles. The molecule has 0 aliphatic rings. The van der Waals surface area contributed by atoms with Crippen LogP contribution in [-0.2, 0) is 11.2 Å². The van der Waals surface area contributed by atoms with Crippen LogP contribution in [0, 0.1) is 0 Å². The molecule has 0 atom stereocenters. The van der Waals surface area contributed by atoms with E-state index in [1.165, 1.54) is 12.8 Å². The lowest BCUT2D eigenvalue weighted by atomic mass is 10.1. The molecule has 0 aliphatic heterocycles. The van der Waals surface area contributed by atoms with E-state index >= 15 is 0 Å². The fourth-order valence-electron chi connectivity index (χ4n) is 2.02. The van der Waals surface area contributed by atoms with Crippen molar-refractivity contribution in [3.05, 3.63) is 29.8 Å². The van der Waals surface area contributed by atoms with Crippen LogP contribution in [0.3, 0.4) is 0 Å². The normalized spacial score (nSPS) is 10.8. The Morgan fingerprint density at radius 1 is 1.25 bits per heavy atom. The van der Waals surface area contributed by atoms with Gasteiger partial charge >= 0.3 is 0 Å². The zero-order valence-corrected chi connectivity index (χ0v) is 12.6. The smallest absolute Gasteiger partial charge is 0.234 e. The third-order valence-corrected chi connectivity index (χ3v) is 3.23. The second kappa shape index (κ2) is 9.37. The van der Waals surface area contributed by atoms with Crippen molar-refractivity contribution in [2.24, 2.45) is 0 Å². The van der Waals surface area contributed by atoms with Gasteiger partial charge in [0.05, 0.1) is 6.54 Å². The molecule has 4 heteroatoms. The minimum absolute atomic E-state index is 0.0720. The number of phenolic OH excluding ortho intramolecular Hbond substituents is 1. The summed E-state index contributed by atoms with van der Waals surface area (Å²) in [6.45, 7) is 4.24. The van der Waals surface area contributed by atoms with Gasteiger partial charge in [0.2, 0.25) is 5.91 Å². The summed E-state index contributed by atoms with van der Waals surface area (Å²) >= 11 is 0. The van der Waals surface area contributed by atoms with Gasteiger partial charge in [0.15, 0.2) is 0 Å². The van der Waals surface area contributed by atoms with Crippen LogP contribution in [0.2, 0.25) is 0 Å². The lowest BCUT2D eigenvalue weighted by Gasteiger charge is -2.15. The van der Waals surface area contributed by atoms with Crippen LogP contribution < -0.4 is 5.32 Å². The highest BCUT2D eigenvalue weighted by atomic mass is 16.3. The fraction of sp³-hybridized carbons (Fsp3) is 0.562. The highest BCUT2D eigenvalue weighted by Gasteiger charge is 2.05. The molecule has 112 valence electrons. The van der Waals surface area contributed by atoms with E-state index in [-0.39, 0.29) is 11.7 Å². The summed E-state index contributed by atoms with van der Waals surface area (Å²) in [4.78, 5) is 13.8. The van der Waals surface area contributed by atoms with Crippen molar-refractivity contribution >= 4 is 5.91 Å². The number of unbranched alkanes of at least 4 members (excludes halogenated alkanes) is 2. The summed E-state index contributed by atoms with van der Waals surface area (Å²) in [5, 5.41) is 12.1. The molecule has 0 heterocycles. The molecule has 0 spiro atoms. The zero-order chi connectivity index (χ0) is 14.8. The molecule has 20 heavy (non-hydrogen) atoms. The molecule has 4 nitrogen and oxygen atoms in total.